The van der Waals surface area contributed by atoms with E-state index in [2.05, 4.69) is 24.8 Å². The average Bonchev–Trinajstić information content (AvgIpc) is 2.31. The van der Waals surface area contributed by atoms with Crippen molar-refractivity contribution in [3.63, 3.8) is 0 Å². The quantitative estimate of drug-likeness (QED) is 0.604. The van der Waals surface area contributed by atoms with E-state index in [-0.39, 0.29) is 5.92 Å². The SMILES string of the molecule is CC(C)N1[C@H]2COC[C@H](C#N)[C@@H]1C2. The third-order valence-electron chi connectivity index (χ3n) is 3.15. The van der Waals surface area contributed by atoms with Crippen LogP contribution in [0.15, 0.2) is 0 Å². The predicted molar refractivity (Wildman–Crippen MR) is 49.1 cm³/mol. The van der Waals surface area contributed by atoms with Gasteiger partial charge in [0, 0.05) is 18.1 Å². The smallest absolute Gasteiger partial charge is 0.0852 e. The van der Waals surface area contributed by atoms with Gasteiger partial charge >= 0.3 is 0 Å². The fraction of sp³-hybridized carbons (Fsp3) is 0.900. The topological polar surface area (TPSA) is 36.3 Å². The summed E-state index contributed by atoms with van der Waals surface area (Å²) in [6.45, 7) is 5.82. The van der Waals surface area contributed by atoms with Crippen molar-refractivity contribution in [1.29, 1.82) is 5.26 Å². The van der Waals surface area contributed by atoms with E-state index in [0.717, 1.165) is 13.0 Å². The summed E-state index contributed by atoms with van der Waals surface area (Å²) >= 11 is 0. The molecule has 0 saturated carbocycles. The van der Waals surface area contributed by atoms with Crippen LogP contribution < -0.4 is 0 Å². The molecule has 3 atom stereocenters. The molecule has 2 bridgehead atoms. The Balaban J connectivity index is 2.11. The van der Waals surface area contributed by atoms with Crippen molar-refractivity contribution >= 4 is 0 Å². The number of nitriles is 1. The molecule has 13 heavy (non-hydrogen) atoms. The molecule has 72 valence electrons. The first-order chi connectivity index (χ1) is 6.24. The molecule has 0 aromatic carbocycles. The molecule has 0 spiro atoms. The maximum atomic E-state index is 8.95. The van der Waals surface area contributed by atoms with E-state index in [0.29, 0.717) is 24.7 Å². The lowest BCUT2D eigenvalue weighted by Crippen LogP contribution is -2.61. The highest BCUT2D eigenvalue weighted by Gasteiger charge is 2.46. The molecule has 0 aromatic heterocycles. The van der Waals surface area contributed by atoms with E-state index < -0.39 is 0 Å². The molecule has 0 N–H and O–H groups in total. The molecule has 3 aliphatic rings. The van der Waals surface area contributed by atoms with Gasteiger partial charge in [0.2, 0.25) is 0 Å². The minimum absolute atomic E-state index is 0.0844. The summed E-state index contributed by atoms with van der Waals surface area (Å²) in [6, 6.07) is 3.92. The Bertz CT molecular complexity index is 234. The lowest BCUT2D eigenvalue weighted by atomic mass is 9.84. The molecular weight excluding hydrogens is 164 g/mol. The molecule has 3 heterocycles. The van der Waals surface area contributed by atoms with E-state index in [9.17, 15) is 0 Å². The van der Waals surface area contributed by atoms with Crippen molar-refractivity contribution in [3.8, 4) is 6.07 Å². The number of rotatable bonds is 1. The third kappa shape index (κ3) is 1.34. The Hall–Kier alpha value is -0.590. The summed E-state index contributed by atoms with van der Waals surface area (Å²) in [5, 5.41) is 8.95. The highest BCUT2D eigenvalue weighted by atomic mass is 16.5. The summed E-state index contributed by atoms with van der Waals surface area (Å²) in [4.78, 5) is 2.43. The fourth-order valence-electron chi connectivity index (χ4n) is 2.55. The van der Waals surface area contributed by atoms with Gasteiger partial charge in [0.05, 0.1) is 25.2 Å². The van der Waals surface area contributed by atoms with Crippen LogP contribution in [-0.4, -0.2) is 36.2 Å². The Morgan fingerprint density at radius 3 is 2.85 bits per heavy atom. The van der Waals surface area contributed by atoms with Gasteiger partial charge < -0.3 is 4.74 Å². The lowest BCUT2D eigenvalue weighted by molar-refractivity contribution is -0.0260. The molecular formula is C10H16N2O. The first-order valence-corrected chi connectivity index (χ1v) is 4.99. The van der Waals surface area contributed by atoms with Crippen molar-refractivity contribution < 1.29 is 4.74 Å². The monoisotopic (exact) mass is 180 g/mol. The van der Waals surface area contributed by atoms with Gasteiger partial charge in [0.1, 0.15) is 0 Å². The maximum absolute atomic E-state index is 8.95. The normalized spacial score (nSPS) is 39.4. The second-order valence-electron chi connectivity index (χ2n) is 4.27. The summed E-state index contributed by atoms with van der Waals surface area (Å²) in [5.41, 5.74) is 0. The van der Waals surface area contributed by atoms with Crippen LogP contribution in [0.25, 0.3) is 0 Å². The van der Waals surface area contributed by atoms with E-state index in [1.54, 1.807) is 0 Å². The van der Waals surface area contributed by atoms with Crippen LogP contribution in [0.5, 0.6) is 0 Å². The highest BCUT2D eigenvalue weighted by molar-refractivity contribution is 5.05. The van der Waals surface area contributed by atoms with Gasteiger partial charge in [-0.2, -0.15) is 5.26 Å². The molecule has 3 fully saturated rings. The Labute approximate surface area is 79.3 Å². The van der Waals surface area contributed by atoms with Crippen LogP contribution >= 0.6 is 0 Å². The number of hydrogen-bond donors (Lipinski definition) is 0. The van der Waals surface area contributed by atoms with Crippen LogP contribution in [-0.2, 0) is 4.74 Å². The third-order valence-corrected chi connectivity index (χ3v) is 3.15. The second-order valence-corrected chi connectivity index (χ2v) is 4.27. The molecule has 3 nitrogen and oxygen atoms in total. The Kier molecular flexibility index (Phi) is 2.27. The minimum atomic E-state index is 0.0844. The zero-order valence-corrected chi connectivity index (χ0v) is 8.23. The number of fused-ring (bicyclic) bond motifs is 3. The van der Waals surface area contributed by atoms with E-state index >= 15 is 0 Å². The van der Waals surface area contributed by atoms with Gasteiger partial charge in [-0.25, -0.2) is 0 Å². The van der Waals surface area contributed by atoms with Gasteiger partial charge in [0.25, 0.3) is 0 Å². The molecule has 3 rings (SSSR count). The summed E-state index contributed by atoms with van der Waals surface area (Å²) in [7, 11) is 0. The standard InChI is InChI=1S/C10H16N2O/c1-7(2)12-9-3-10(12)8(4-11)5-13-6-9/h7-10H,3,5-6H2,1-2H3/t8-,9+,10-/m0/s1. The Morgan fingerprint density at radius 1 is 1.46 bits per heavy atom. The molecule has 0 radical (unpaired) electrons. The van der Waals surface area contributed by atoms with Crippen molar-refractivity contribution in [2.24, 2.45) is 5.92 Å². The molecule has 0 unspecified atom stereocenters. The molecule has 0 aliphatic carbocycles. The summed E-state index contributed by atoms with van der Waals surface area (Å²) in [5.74, 6) is 0.0844. The van der Waals surface area contributed by atoms with E-state index in [4.69, 9.17) is 10.00 Å². The average molecular weight is 180 g/mol. The maximum Gasteiger partial charge on any atom is 0.0852 e. The number of ether oxygens (including phenoxy) is 1. The van der Waals surface area contributed by atoms with Gasteiger partial charge in [-0.15, -0.1) is 0 Å². The molecule has 3 saturated heterocycles. The largest absolute Gasteiger partial charge is 0.378 e. The van der Waals surface area contributed by atoms with Gasteiger partial charge in [0.15, 0.2) is 0 Å². The summed E-state index contributed by atoms with van der Waals surface area (Å²) < 4.78 is 5.47. The van der Waals surface area contributed by atoms with Crippen LogP contribution in [0, 0.1) is 17.2 Å². The lowest BCUT2D eigenvalue weighted by Gasteiger charge is -2.50. The van der Waals surface area contributed by atoms with Crippen molar-refractivity contribution in [1.82, 2.24) is 4.90 Å². The first-order valence-electron chi connectivity index (χ1n) is 4.99. The van der Waals surface area contributed by atoms with Gasteiger partial charge in [-0.05, 0) is 20.3 Å². The van der Waals surface area contributed by atoms with Gasteiger partial charge in [-0.1, -0.05) is 0 Å². The van der Waals surface area contributed by atoms with Crippen LogP contribution in [0.4, 0.5) is 0 Å². The van der Waals surface area contributed by atoms with Crippen molar-refractivity contribution in [3.05, 3.63) is 0 Å². The first kappa shape index (κ1) is 8.98. The second kappa shape index (κ2) is 3.28. The van der Waals surface area contributed by atoms with Gasteiger partial charge in [-0.3, -0.25) is 4.90 Å². The minimum Gasteiger partial charge on any atom is -0.378 e. The van der Waals surface area contributed by atoms with Crippen molar-refractivity contribution in [2.45, 2.75) is 38.4 Å². The predicted octanol–water partition coefficient (Wildman–Crippen LogP) is 1.01. The molecule has 0 amide bonds. The highest BCUT2D eigenvalue weighted by Crippen LogP contribution is 2.35. The number of nitrogens with zero attached hydrogens (tertiary/aromatic N) is 2. The van der Waals surface area contributed by atoms with Crippen LogP contribution in [0.2, 0.25) is 0 Å². The zero-order chi connectivity index (χ0) is 9.42. The van der Waals surface area contributed by atoms with E-state index in [1.165, 1.54) is 0 Å². The van der Waals surface area contributed by atoms with Crippen LogP contribution in [0.3, 0.4) is 0 Å². The Morgan fingerprint density at radius 2 is 2.23 bits per heavy atom. The number of hydrogen-bond acceptors (Lipinski definition) is 3. The van der Waals surface area contributed by atoms with E-state index in [1.807, 2.05) is 0 Å². The molecule has 3 aliphatic heterocycles. The van der Waals surface area contributed by atoms with Crippen molar-refractivity contribution in [2.75, 3.05) is 13.2 Å². The zero-order valence-electron chi connectivity index (χ0n) is 8.23. The molecule has 3 heteroatoms. The van der Waals surface area contributed by atoms with Crippen LogP contribution in [0.1, 0.15) is 20.3 Å². The summed E-state index contributed by atoms with van der Waals surface area (Å²) in [6.07, 6.45) is 1.15. The fourth-order valence-corrected chi connectivity index (χ4v) is 2.55. The molecule has 0 aromatic rings.